The van der Waals surface area contributed by atoms with E-state index in [0.717, 1.165) is 6.33 Å². The molecule has 20 heavy (non-hydrogen) atoms. The third kappa shape index (κ3) is 1.85. The molecule has 0 saturated carbocycles. The van der Waals surface area contributed by atoms with Crippen LogP contribution >= 0.6 is 0 Å². The Morgan fingerprint density at radius 1 is 1.40 bits per heavy atom. The molecule has 16 heteroatoms. The summed E-state index contributed by atoms with van der Waals surface area (Å²) in [5, 5.41) is 38.9. The number of guanidine groups is 1. The van der Waals surface area contributed by atoms with Crippen LogP contribution < -0.4 is 5.73 Å². The van der Waals surface area contributed by atoms with Crippen LogP contribution in [0.25, 0.3) is 0 Å². The van der Waals surface area contributed by atoms with Gasteiger partial charge in [-0.15, -0.1) is 10.2 Å². The molecule has 1 aromatic heterocycles. The molecule has 1 aliphatic heterocycles. The second-order valence-corrected chi connectivity index (χ2v) is 3.17. The number of nitrogens with zero attached hydrogens (tertiary/aromatic N) is 9. The Bertz CT molecular complexity index is 580. The molecule has 0 aliphatic carbocycles. The molecular formula is C4H5N11O5. The van der Waals surface area contributed by atoms with Gasteiger partial charge in [0.1, 0.15) is 6.33 Å². The number of azo groups is 1. The van der Waals surface area contributed by atoms with E-state index in [1.165, 1.54) is 0 Å². The van der Waals surface area contributed by atoms with Crippen molar-refractivity contribution in [1.82, 2.24) is 25.6 Å². The Labute approximate surface area is 107 Å². The van der Waals surface area contributed by atoms with Gasteiger partial charge in [0, 0.05) is 0 Å². The molecule has 0 spiro atoms. The van der Waals surface area contributed by atoms with Gasteiger partial charge in [0.05, 0.1) is 5.17 Å². The lowest BCUT2D eigenvalue weighted by atomic mass is 10.3. The summed E-state index contributed by atoms with van der Waals surface area (Å²) in [5.74, 6) is -3.30. The Morgan fingerprint density at radius 3 is 2.45 bits per heavy atom. The fourth-order valence-corrected chi connectivity index (χ4v) is 1.29. The van der Waals surface area contributed by atoms with E-state index in [0.29, 0.717) is 0 Å². The predicted octanol–water partition coefficient (Wildman–Crippen LogP) is -2.01. The van der Waals surface area contributed by atoms with Crippen LogP contribution in [0.5, 0.6) is 0 Å². The number of aromatic nitrogens is 3. The number of nitrogens with two attached hydrogens (primary N) is 1. The van der Waals surface area contributed by atoms with Gasteiger partial charge >= 0.3 is 5.79 Å². The van der Waals surface area contributed by atoms with Gasteiger partial charge < -0.3 is 5.73 Å². The van der Waals surface area contributed by atoms with Crippen LogP contribution in [0, 0.1) is 20.2 Å². The third-order valence-corrected chi connectivity index (χ3v) is 2.04. The zero-order chi connectivity index (χ0) is 14.9. The van der Waals surface area contributed by atoms with E-state index >= 15 is 0 Å². The second kappa shape index (κ2) is 4.44. The maximum atomic E-state index is 10.6. The smallest absolute Gasteiger partial charge is 0.341 e. The minimum absolute atomic E-state index is 0.377. The van der Waals surface area contributed by atoms with E-state index in [9.17, 15) is 25.4 Å². The van der Waals surface area contributed by atoms with Crippen LogP contribution in [0.15, 0.2) is 21.5 Å². The monoisotopic (exact) mass is 287 g/mol. The summed E-state index contributed by atoms with van der Waals surface area (Å²) >= 11 is 0. The Hall–Kier alpha value is -3.27. The predicted molar refractivity (Wildman–Crippen MR) is 54.0 cm³/mol. The number of hydrazine groups is 3. The molecule has 0 fully saturated rings. The molecular weight excluding hydrogens is 282 g/mol. The van der Waals surface area contributed by atoms with Crippen LogP contribution in [0.4, 0.5) is 0 Å². The van der Waals surface area contributed by atoms with E-state index in [4.69, 9.17) is 5.73 Å². The SMILES string of the molecule is NC1=NC(c2ncn[nH]2)(N(O)N([N+](=O)[O-])[N+](=O)[O-])N=N1. The summed E-state index contributed by atoms with van der Waals surface area (Å²) < 4.78 is 0. The minimum Gasteiger partial charge on any atom is -0.367 e. The highest BCUT2D eigenvalue weighted by Gasteiger charge is 2.57. The molecule has 2 heterocycles. The van der Waals surface area contributed by atoms with Crippen LogP contribution in [-0.4, -0.2) is 46.8 Å². The van der Waals surface area contributed by atoms with Crippen molar-refractivity contribution in [3.63, 3.8) is 0 Å². The molecule has 1 unspecified atom stereocenters. The standard InChI is InChI=1S/C4H5N11O5/c5-3-8-4(11-10-3,2-6-1-7-9-2)12(16)13(14(17)18)15(19)20/h1,16H,(H2,5,8)(H,6,7,9). The first-order valence-corrected chi connectivity index (χ1v) is 4.60. The number of hydroxylamine groups is 1. The number of hydrogen-bond acceptors (Lipinski definition) is 12. The van der Waals surface area contributed by atoms with Gasteiger partial charge in [0.15, 0.2) is 5.82 Å². The fourth-order valence-electron chi connectivity index (χ4n) is 1.29. The zero-order valence-corrected chi connectivity index (χ0v) is 9.26. The van der Waals surface area contributed by atoms with Crippen molar-refractivity contribution in [3.05, 3.63) is 32.4 Å². The quantitative estimate of drug-likeness (QED) is 0.398. The van der Waals surface area contributed by atoms with Gasteiger partial charge in [-0.05, 0) is 0 Å². The zero-order valence-electron chi connectivity index (χ0n) is 9.26. The van der Waals surface area contributed by atoms with E-state index in [-0.39, 0.29) is 5.82 Å². The van der Waals surface area contributed by atoms with Gasteiger partial charge in [0.25, 0.3) is 5.23 Å². The molecule has 1 aliphatic rings. The van der Waals surface area contributed by atoms with Crippen molar-refractivity contribution in [3.8, 4) is 0 Å². The number of nitro groups is 2. The van der Waals surface area contributed by atoms with Gasteiger partial charge in [-0.25, -0.2) is 25.2 Å². The van der Waals surface area contributed by atoms with Crippen LogP contribution in [-0.2, 0) is 5.79 Å². The Morgan fingerprint density at radius 2 is 2.05 bits per heavy atom. The average molecular weight is 287 g/mol. The number of H-pyrrole nitrogens is 1. The molecule has 0 amide bonds. The van der Waals surface area contributed by atoms with Crippen molar-refractivity contribution >= 4 is 5.96 Å². The molecule has 16 nitrogen and oxygen atoms in total. The van der Waals surface area contributed by atoms with Crippen LogP contribution in [0.3, 0.4) is 0 Å². The topological polar surface area (TPSA) is 218 Å². The van der Waals surface area contributed by atoms with Crippen molar-refractivity contribution < 1.29 is 15.3 Å². The lowest BCUT2D eigenvalue weighted by Crippen LogP contribution is -2.56. The molecule has 106 valence electrons. The summed E-state index contributed by atoms with van der Waals surface area (Å²) in [6.07, 6.45) is 0.965. The van der Waals surface area contributed by atoms with Gasteiger partial charge in [-0.3, -0.25) is 10.3 Å². The number of hydrogen-bond donors (Lipinski definition) is 3. The Balaban J connectivity index is 2.52. The molecule has 4 N–H and O–H groups in total. The first-order valence-electron chi connectivity index (χ1n) is 4.60. The van der Waals surface area contributed by atoms with E-state index in [1.54, 1.807) is 0 Å². The number of aromatic amines is 1. The van der Waals surface area contributed by atoms with Crippen LogP contribution in [0.2, 0.25) is 0 Å². The Kier molecular flexibility index (Phi) is 2.92. The summed E-state index contributed by atoms with van der Waals surface area (Å²) in [4.78, 5) is 28.3. The van der Waals surface area contributed by atoms with E-state index < -0.39 is 32.2 Å². The highest BCUT2D eigenvalue weighted by Crippen LogP contribution is 2.32. The largest absolute Gasteiger partial charge is 0.367 e. The summed E-state index contributed by atoms with van der Waals surface area (Å²) in [6.45, 7) is 0. The lowest BCUT2D eigenvalue weighted by molar-refractivity contribution is -0.965. The van der Waals surface area contributed by atoms with Gasteiger partial charge in [0.2, 0.25) is 16.0 Å². The van der Waals surface area contributed by atoms with Crippen molar-refractivity contribution in [2.24, 2.45) is 21.0 Å². The molecule has 0 bridgehead atoms. The van der Waals surface area contributed by atoms with Crippen LogP contribution in [0.1, 0.15) is 5.82 Å². The molecule has 0 radical (unpaired) electrons. The van der Waals surface area contributed by atoms with E-state index in [1.807, 2.05) is 0 Å². The number of aliphatic imine (C=N–C) groups is 1. The lowest BCUT2D eigenvalue weighted by Gasteiger charge is -2.23. The van der Waals surface area contributed by atoms with Crippen molar-refractivity contribution in [2.75, 3.05) is 0 Å². The van der Waals surface area contributed by atoms with E-state index in [2.05, 4.69) is 30.4 Å². The summed E-state index contributed by atoms with van der Waals surface area (Å²) in [7, 11) is 0. The van der Waals surface area contributed by atoms with Gasteiger partial charge in [-0.2, -0.15) is 10.1 Å². The van der Waals surface area contributed by atoms with Crippen molar-refractivity contribution in [2.45, 2.75) is 5.79 Å². The molecule has 0 saturated heterocycles. The summed E-state index contributed by atoms with van der Waals surface area (Å²) in [6, 6.07) is 0. The second-order valence-electron chi connectivity index (χ2n) is 3.17. The highest BCUT2D eigenvalue weighted by atomic mass is 16.8. The fraction of sp³-hybridized carbons (Fsp3) is 0.250. The third-order valence-electron chi connectivity index (χ3n) is 2.04. The maximum Gasteiger partial charge on any atom is 0.341 e. The number of rotatable bonds is 5. The maximum absolute atomic E-state index is 10.6. The molecule has 1 aromatic rings. The highest BCUT2D eigenvalue weighted by molar-refractivity contribution is 5.79. The number of nitrogens with one attached hydrogen (secondary N) is 1. The normalized spacial score (nSPS) is 21.0. The minimum atomic E-state index is -2.44. The average Bonchev–Trinajstić information content (AvgIpc) is 2.97. The molecule has 0 aromatic carbocycles. The summed E-state index contributed by atoms with van der Waals surface area (Å²) in [5.41, 5.74) is 5.24. The van der Waals surface area contributed by atoms with Crippen molar-refractivity contribution in [1.29, 1.82) is 0 Å². The first kappa shape index (κ1) is 13.2. The van der Waals surface area contributed by atoms with Gasteiger partial charge in [-0.1, -0.05) is 0 Å². The molecule has 2 rings (SSSR count). The first-order chi connectivity index (χ1) is 9.38. The molecule has 1 atom stereocenters.